The average molecular weight is 1260 g/mol. The second-order valence-electron chi connectivity index (χ2n) is 22.7. The predicted molar refractivity (Wildman–Crippen MR) is 350 cm³/mol. The summed E-state index contributed by atoms with van der Waals surface area (Å²) < 4.78 is 0. The summed E-state index contributed by atoms with van der Waals surface area (Å²) in [6.45, 7) is 5.62. The Morgan fingerprint density at radius 3 is 1.02 bits per heavy atom. The zero-order chi connectivity index (χ0) is 63.8. The number of hydrogen-bond donors (Lipinski definition) is 15. The van der Waals surface area contributed by atoms with E-state index in [1.165, 1.54) is 101 Å². The van der Waals surface area contributed by atoms with E-state index in [-0.39, 0.29) is 36.2 Å². The first-order valence-electron chi connectivity index (χ1n) is 33.0. The van der Waals surface area contributed by atoms with Gasteiger partial charge in [-0.1, -0.05) is 136 Å². The Morgan fingerprint density at radius 1 is 0.349 bits per heavy atom. The van der Waals surface area contributed by atoms with Gasteiger partial charge in [0.1, 0.15) is 24.2 Å². The van der Waals surface area contributed by atoms with Gasteiger partial charge in [-0.2, -0.15) is 23.5 Å². The number of thioether (sulfide) groups is 2. The smallest absolute Gasteiger partial charge is 0.244 e. The number of rotatable bonds is 60. The number of aliphatic hydroxyl groups is 2. The minimum Gasteiger partial charge on any atom is -0.394 e. The highest BCUT2D eigenvalue weighted by atomic mass is 32.2. The predicted octanol–water partition coefficient (Wildman–Crippen LogP) is 3.26. The SMILES string of the molecule is CCCCCCCCCCCCNC(=O)C(CO)NC(=O)C(CSCCSCC(NC(=O)C(N)CCCCNC(=O)C(N)CCCCN)C(=O)NC(CO)C(=O)NCCCCCCCCCCCC)NC(=O)C(N)CCCCNC(=O)CCCCN. The molecule has 8 amide bonds. The molecular weight excluding hydrogens is 1140 g/mol. The molecule has 0 heterocycles. The van der Waals surface area contributed by atoms with Crippen LogP contribution in [-0.2, 0) is 38.4 Å². The van der Waals surface area contributed by atoms with Crippen LogP contribution in [0.25, 0.3) is 0 Å². The monoisotopic (exact) mass is 1260 g/mol. The van der Waals surface area contributed by atoms with Crippen LogP contribution in [0, 0.1) is 0 Å². The first-order valence-corrected chi connectivity index (χ1v) is 35.3. The Balaban J connectivity index is 5.85. The molecule has 0 aliphatic carbocycles. The van der Waals surface area contributed by atoms with E-state index in [0.717, 1.165) is 70.6 Å². The third kappa shape index (κ3) is 45.4. The Morgan fingerprint density at radius 2 is 0.651 bits per heavy atom. The lowest BCUT2D eigenvalue weighted by Crippen LogP contribution is -2.57. The lowest BCUT2D eigenvalue weighted by Gasteiger charge is -2.24. The lowest BCUT2D eigenvalue weighted by molar-refractivity contribution is -0.132. The molecule has 0 saturated carbocycles. The quantitative estimate of drug-likeness (QED) is 0.0389. The highest BCUT2D eigenvalue weighted by Crippen LogP contribution is 2.14. The number of unbranched alkanes of at least 4 members (excludes halogenated alkanes) is 22. The van der Waals surface area contributed by atoms with Crippen molar-refractivity contribution in [2.24, 2.45) is 28.7 Å². The van der Waals surface area contributed by atoms with Gasteiger partial charge < -0.3 is 81.4 Å². The van der Waals surface area contributed by atoms with Crippen molar-refractivity contribution >= 4 is 70.8 Å². The molecule has 0 fully saturated rings. The van der Waals surface area contributed by atoms with Crippen molar-refractivity contribution in [2.45, 2.75) is 262 Å². The van der Waals surface area contributed by atoms with Crippen LogP contribution in [0.2, 0.25) is 0 Å². The van der Waals surface area contributed by atoms with Gasteiger partial charge in [-0.15, -0.1) is 0 Å². The van der Waals surface area contributed by atoms with Crippen molar-refractivity contribution in [1.29, 1.82) is 0 Å². The van der Waals surface area contributed by atoms with Gasteiger partial charge in [-0.05, 0) is 90.1 Å². The van der Waals surface area contributed by atoms with Crippen LogP contribution < -0.4 is 71.2 Å². The number of nitrogens with one attached hydrogen (secondary N) is 8. The van der Waals surface area contributed by atoms with Crippen LogP contribution in [0.3, 0.4) is 0 Å². The summed E-state index contributed by atoms with van der Waals surface area (Å²) in [6.07, 6.45) is 29.2. The fraction of sp³-hybridized carbons (Fsp3) is 0.869. The van der Waals surface area contributed by atoms with Crippen LogP contribution in [0.4, 0.5) is 0 Å². The summed E-state index contributed by atoms with van der Waals surface area (Å²) >= 11 is 2.61. The van der Waals surface area contributed by atoms with Crippen molar-refractivity contribution in [3.8, 4) is 0 Å². The molecular formula is C61H121N13O10S2. The van der Waals surface area contributed by atoms with Crippen molar-refractivity contribution in [1.82, 2.24) is 42.5 Å². The Hall–Kier alpha value is -3.82. The van der Waals surface area contributed by atoms with E-state index in [2.05, 4.69) is 56.4 Å². The fourth-order valence-corrected chi connectivity index (χ4v) is 11.5. The molecule has 0 aromatic heterocycles. The van der Waals surface area contributed by atoms with Crippen LogP contribution in [0.5, 0.6) is 0 Å². The molecule has 0 saturated heterocycles. The zero-order valence-corrected chi connectivity index (χ0v) is 54.7. The van der Waals surface area contributed by atoms with Crippen molar-refractivity contribution < 1.29 is 48.6 Å². The molecule has 25 heteroatoms. The second kappa shape index (κ2) is 57.6. The number of aliphatic hydroxyl groups excluding tert-OH is 2. The van der Waals surface area contributed by atoms with E-state index in [1.54, 1.807) is 0 Å². The van der Waals surface area contributed by atoms with Gasteiger partial charge >= 0.3 is 0 Å². The molecule has 20 N–H and O–H groups in total. The number of carbonyl (C=O) groups is 8. The van der Waals surface area contributed by atoms with E-state index in [9.17, 15) is 48.6 Å². The topological polar surface area (TPSA) is 403 Å². The normalized spacial score (nSPS) is 13.7. The molecule has 86 heavy (non-hydrogen) atoms. The van der Waals surface area contributed by atoms with Crippen molar-refractivity contribution in [3.63, 3.8) is 0 Å². The van der Waals surface area contributed by atoms with Crippen LogP contribution in [0.15, 0.2) is 0 Å². The summed E-state index contributed by atoms with van der Waals surface area (Å²) in [7, 11) is 0. The van der Waals surface area contributed by atoms with Gasteiger partial charge in [-0.3, -0.25) is 38.4 Å². The second-order valence-corrected chi connectivity index (χ2v) is 25.0. The molecule has 0 aliphatic rings. The van der Waals surface area contributed by atoms with Gasteiger partial charge in [0.05, 0.1) is 31.3 Å². The van der Waals surface area contributed by atoms with Crippen LogP contribution in [0.1, 0.15) is 219 Å². The summed E-state index contributed by atoms with van der Waals surface area (Å²) in [6, 6.07) is -7.51. The summed E-state index contributed by atoms with van der Waals surface area (Å²) in [5, 5.41) is 42.4. The summed E-state index contributed by atoms with van der Waals surface area (Å²) in [5.41, 5.74) is 29.7. The minimum absolute atomic E-state index is 0.0423. The van der Waals surface area contributed by atoms with E-state index >= 15 is 0 Å². The Labute approximate surface area is 525 Å². The number of amides is 8. The largest absolute Gasteiger partial charge is 0.394 e. The average Bonchev–Trinajstić information content (AvgIpc) is 3.71. The maximum absolute atomic E-state index is 13.9. The standard InChI is InChI=1S/C61H121N13O10S2/c1-3-5-7-9-11-13-15-17-19-27-38-69-58(81)50(43-75)71-60(83)52(73-56(79)48(65)32-23-29-37-67-54(77)34-22-26-36-63)45-85-41-42-86-46-53(74-57(80)49(66)33-24-30-40-68-55(78)47(64)31-21-25-35-62)61(84)72-51(44-76)59(82)70-39-28-20-18-16-14-12-10-8-6-4-2/h47-53,75-76H,3-46,62-66H2,1-2H3,(H,67,77)(H,68,78)(H,69,81)(H,70,82)(H,71,83)(H,72,84)(H,73,79)(H,74,80). The fourth-order valence-electron chi connectivity index (χ4n) is 9.24. The van der Waals surface area contributed by atoms with Gasteiger partial charge in [0.25, 0.3) is 0 Å². The number of nitrogens with two attached hydrogens (primary N) is 5. The van der Waals surface area contributed by atoms with E-state index in [4.69, 9.17) is 28.7 Å². The molecule has 0 radical (unpaired) electrons. The highest BCUT2D eigenvalue weighted by molar-refractivity contribution is 8.03. The molecule has 502 valence electrons. The molecule has 0 spiro atoms. The zero-order valence-electron chi connectivity index (χ0n) is 53.0. The molecule has 0 aromatic rings. The molecule has 0 aliphatic heterocycles. The maximum Gasteiger partial charge on any atom is 0.244 e. The number of hydrogen-bond acceptors (Lipinski definition) is 17. The third-order valence-corrected chi connectivity index (χ3v) is 17.2. The third-order valence-electron chi connectivity index (χ3n) is 14.8. The first kappa shape index (κ1) is 82.2. The molecule has 0 rings (SSSR count). The van der Waals surface area contributed by atoms with Crippen molar-refractivity contribution in [3.05, 3.63) is 0 Å². The maximum atomic E-state index is 13.9. The van der Waals surface area contributed by atoms with Gasteiger partial charge in [0.2, 0.25) is 47.3 Å². The summed E-state index contributed by atoms with van der Waals surface area (Å²) in [5.74, 6) is -3.14. The van der Waals surface area contributed by atoms with E-state index in [0.29, 0.717) is 95.7 Å². The summed E-state index contributed by atoms with van der Waals surface area (Å²) in [4.78, 5) is 106. The van der Waals surface area contributed by atoms with E-state index in [1.807, 2.05) is 0 Å². The molecule has 0 bridgehead atoms. The molecule has 0 aromatic carbocycles. The van der Waals surface area contributed by atoms with Crippen LogP contribution in [-0.4, -0.2) is 175 Å². The van der Waals surface area contributed by atoms with E-state index < -0.39 is 90.9 Å². The number of carbonyl (C=O) groups excluding carboxylic acids is 8. The van der Waals surface area contributed by atoms with Crippen molar-refractivity contribution in [2.75, 3.05) is 75.5 Å². The Kier molecular flexibility index (Phi) is 55.1. The van der Waals surface area contributed by atoms with Crippen LogP contribution >= 0.6 is 23.5 Å². The highest BCUT2D eigenvalue weighted by Gasteiger charge is 2.30. The Bertz CT molecular complexity index is 1780. The first-order chi connectivity index (χ1) is 41.6. The molecule has 23 nitrogen and oxygen atoms in total. The lowest BCUT2D eigenvalue weighted by atomic mass is 10.1. The van der Waals surface area contributed by atoms with Gasteiger partial charge in [0, 0.05) is 55.6 Å². The van der Waals surface area contributed by atoms with Gasteiger partial charge in [0.15, 0.2) is 0 Å². The molecule has 7 unspecified atom stereocenters. The minimum atomic E-state index is -1.28. The molecule has 7 atom stereocenters. The van der Waals surface area contributed by atoms with Gasteiger partial charge in [-0.25, -0.2) is 0 Å².